The molecular formula is C25H25FN2O5S. The van der Waals surface area contributed by atoms with Crippen LogP contribution in [0.15, 0.2) is 65.4 Å². The highest BCUT2D eigenvalue weighted by Gasteiger charge is 2.19. The van der Waals surface area contributed by atoms with Gasteiger partial charge >= 0.3 is 0 Å². The number of sulfonamides is 1. The molecule has 3 rings (SSSR count). The van der Waals surface area contributed by atoms with Gasteiger partial charge in [-0.2, -0.15) is 0 Å². The molecule has 0 aliphatic rings. The van der Waals surface area contributed by atoms with Gasteiger partial charge in [-0.3, -0.25) is 13.9 Å². The van der Waals surface area contributed by atoms with Crippen molar-refractivity contribution in [2.75, 3.05) is 11.4 Å². The number of ether oxygens (including phenoxy) is 1. The second-order valence-corrected chi connectivity index (χ2v) is 9.86. The largest absolute Gasteiger partial charge is 0.454 e. The predicted molar refractivity (Wildman–Crippen MR) is 130 cm³/mol. The Morgan fingerprint density at radius 3 is 2.47 bits per heavy atom. The highest BCUT2D eigenvalue weighted by Crippen LogP contribution is 2.37. The molecule has 0 unspecified atom stereocenters. The van der Waals surface area contributed by atoms with E-state index in [0.29, 0.717) is 16.8 Å². The van der Waals surface area contributed by atoms with Crippen molar-refractivity contribution in [2.45, 2.75) is 20.3 Å². The number of hydrogen-bond acceptors (Lipinski definition) is 5. The molecule has 0 saturated heterocycles. The maximum Gasteiger partial charge on any atom is 0.256 e. The third-order valence-corrected chi connectivity index (χ3v) is 6.63. The zero-order valence-electron chi connectivity index (χ0n) is 19.3. The number of Topliss-reactive ketones (excluding diaryl/α,β-unsaturated/α-hetero) is 1. The van der Waals surface area contributed by atoms with E-state index < -0.39 is 15.8 Å². The van der Waals surface area contributed by atoms with Gasteiger partial charge in [0.1, 0.15) is 11.5 Å². The zero-order chi connectivity index (χ0) is 25.2. The van der Waals surface area contributed by atoms with Gasteiger partial charge in [0.25, 0.3) is 15.6 Å². The van der Waals surface area contributed by atoms with E-state index in [-0.39, 0.29) is 34.8 Å². The van der Waals surface area contributed by atoms with Gasteiger partial charge in [0.05, 0.1) is 5.69 Å². The molecular weight excluding hydrogens is 459 g/mol. The average Bonchev–Trinajstić information content (AvgIpc) is 2.78. The van der Waals surface area contributed by atoms with Crippen LogP contribution in [0.25, 0.3) is 11.1 Å². The summed E-state index contributed by atoms with van der Waals surface area (Å²) in [5.74, 6) is -0.513. The molecule has 0 saturated carbocycles. The van der Waals surface area contributed by atoms with E-state index in [1.54, 1.807) is 38.4 Å². The van der Waals surface area contributed by atoms with Gasteiger partial charge in [-0.1, -0.05) is 12.6 Å². The number of ketones is 1. The van der Waals surface area contributed by atoms with Crippen LogP contribution >= 0.6 is 0 Å². The normalized spacial score (nSPS) is 11.2. The van der Waals surface area contributed by atoms with Gasteiger partial charge in [-0.25, -0.2) is 12.8 Å². The number of nitrogens with zero attached hydrogens (tertiary/aromatic N) is 2. The topological polar surface area (TPSA) is 85.7 Å². The van der Waals surface area contributed by atoms with E-state index in [1.165, 1.54) is 42.8 Å². The minimum Gasteiger partial charge on any atom is -0.454 e. The van der Waals surface area contributed by atoms with E-state index in [9.17, 15) is 22.4 Å². The molecule has 7 nitrogen and oxygen atoms in total. The van der Waals surface area contributed by atoms with Crippen LogP contribution < -0.4 is 14.6 Å². The van der Waals surface area contributed by atoms with Gasteiger partial charge in [0.2, 0.25) is 0 Å². The number of aromatic nitrogens is 1. The van der Waals surface area contributed by atoms with E-state index >= 15 is 0 Å². The quantitative estimate of drug-likeness (QED) is 0.475. The molecule has 9 heteroatoms. The second kappa shape index (κ2) is 9.64. The summed E-state index contributed by atoms with van der Waals surface area (Å²) in [6.07, 6.45) is 1.49. The van der Waals surface area contributed by atoms with Crippen LogP contribution in [-0.4, -0.2) is 25.8 Å². The molecule has 1 aromatic heterocycles. The van der Waals surface area contributed by atoms with Gasteiger partial charge in [-0.15, -0.1) is 0 Å². The molecule has 2 aromatic carbocycles. The lowest BCUT2D eigenvalue weighted by Crippen LogP contribution is -2.24. The van der Waals surface area contributed by atoms with Crippen molar-refractivity contribution in [3.05, 3.63) is 87.9 Å². The molecule has 178 valence electrons. The lowest BCUT2D eigenvalue weighted by Gasteiger charge is -2.20. The molecule has 0 aliphatic heterocycles. The Hall–Kier alpha value is -3.72. The number of benzene rings is 2. The number of pyridine rings is 1. The first-order chi connectivity index (χ1) is 15.9. The summed E-state index contributed by atoms with van der Waals surface area (Å²) in [6.45, 7) is 6.48. The Kier molecular flexibility index (Phi) is 7.07. The SMILES string of the molecule is C=CS(=O)(=O)N(C)c1ccc(Oc2ccc(C)cc2F)c(-c2cc(CC(C)=O)c(=O)n(C)c2)c1. The summed E-state index contributed by atoms with van der Waals surface area (Å²) in [4.78, 5) is 24.2. The highest BCUT2D eigenvalue weighted by atomic mass is 32.2. The summed E-state index contributed by atoms with van der Waals surface area (Å²) in [6, 6.07) is 10.7. The Balaban J connectivity index is 2.24. The zero-order valence-corrected chi connectivity index (χ0v) is 20.1. The lowest BCUT2D eigenvalue weighted by atomic mass is 10.0. The standard InChI is InChI=1S/C25H25FN2O5S/c1-6-34(31,32)28(5)20-8-10-23(33-24-9-7-16(2)11-22(24)26)21(14-20)19-13-18(12-17(3)29)25(30)27(4)15-19/h6-11,13-15H,1,12H2,2-5H3. The molecule has 0 spiro atoms. The smallest absolute Gasteiger partial charge is 0.256 e. The highest BCUT2D eigenvalue weighted by molar-refractivity contribution is 7.95. The van der Waals surface area contributed by atoms with Gasteiger partial charge in [0, 0.05) is 48.8 Å². The molecule has 34 heavy (non-hydrogen) atoms. The van der Waals surface area contributed by atoms with Crippen LogP contribution in [0.5, 0.6) is 11.5 Å². The number of hydrogen-bond donors (Lipinski definition) is 0. The molecule has 3 aromatic rings. The summed E-state index contributed by atoms with van der Waals surface area (Å²) in [5.41, 5.74) is 1.87. The number of aryl methyl sites for hydroxylation is 2. The summed E-state index contributed by atoms with van der Waals surface area (Å²) >= 11 is 0. The van der Waals surface area contributed by atoms with Crippen molar-refractivity contribution >= 4 is 21.5 Å². The summed E-state index contributed by atoms with van der Waals surface area (Å²) < 4.78 is 47.4. The van der Waals surface area contributed by atoms with Gasteiger partial charge < -0.3 is 9.30 Å². The Morgan fingerprint density at radius 1 is 1.18 bits per heavy atom. The number of carbonyl (C=O) groups is 1. The Morgan fingerprint density at radius 2 is 1.85 bits per heavy atom. The fraction of sp³-hybridized carbons (Fsp3) is 0.200. The molecule has 0 N–H and O–H groups in total. The van der Waals surface area contributed by atoms with Gasteiger partial charge in [0.15, 0.2) is 11.6 Å². The maximum absolute atomic E-state index is 14.5. The fourth-order valence-corrected chi connectivity index (χ4v) is 4.05. The van der Waals surface area contributed by atoms with Crippen molar-refractivity contribution < 1.29 is 22.3 Å². The van der Waals surface area contributed by atoms with Crippen LogP contribution in [0.3, 0.4) is 0 Å². The van der Waals surface area contributed by atoms with Crippen LogP contribution in [0.1, 0.15) is 18.1 Å². The molecule has 1 heterocycles. The summed E-state index contributed by atoms with van der Waals surface area (Å²) in [7, 11) is -0.853. The van der Waals surface area contributed by atoms with Crippen LogP contribution in [0.4, 0.5) is 10.1 Å². The van der Waals surface area contributed by atoms with Crippen molar-refractivity contribution in [1.82, 2.24) is 4.57 Å². The molecule has 0 radical (unpaired) electrons. The second-order valence-electron chi connectivity index (χ2n) is 7.94. The van der Waals surface area contributed by atoms with Crippen molar-refractivity contribution in [3.63, 3.8) is 0 Å². The number of rotatable bonds is 8. The first kappa shape index (κ1) is 24.9. The van der Waals surface area contributed by atoms with Crippen molar-refractivity contribution in [2.24, 2.45) is 7.05 Å². The molecule has 0 atom stereocenters. The fourth-order valence-electron chi connectivity index (χ4n) is 3.42. The maximum atomic E-state index is 14.5. The van der Waals surface area contributed by atoms with Crippen LogP contribution in [0.2, 0.25) is 0 Å². The van der Waals surface area contributed by atoms with E-state index in [0.717, 1.165) is 15.3 Å². The van der Waals surface area contributed by atoms with Crippen molar-refractivity contribution in [1.29, 1.82) is 0 Å². The minimum atomic E-state index is -3.78. The first-order valence-corrected chi connectivity index (χ1v) is 11.8. The predicted octanol–water partition coefficient (Wildman–Crippen LogP) is 4.33. The Labute approximate surface area is 197 Å². The van der Waals surface area contributed by atoms with Crippen molar-refractivity contribution in [3.8, 4) is 22.6 Å². The van der Waals surface area contributed by atoms with Crippen LogP contribution in [0, 0.1) is 12.7 Å². The minimum absolute atomic E-state index is 0.0135. The molecule has 0 fully saturated rings. The monoisotopic (exact) mass is 484 g/mol. The van der Waals surface area contributed by atoms with E-state index in [1.807, 2.05) is 0 Å². The first-order valence-electron chi connectivity index (χ1n) is 10.3. The lowest BCUT2D eigenvalue weighted by molar-refractivity contribution is -0.116. The third kappa shape index (κ3) is 5.26. The Bertz CT molecular complexity index is 1440. The molecule has 0 aliphatic carbocycles. The number of anilines is 1. The molecule has 0 bridgehead atoms. The average molecular weight is 485 g/mol. The van der Waals surface area contributed by atoms with E-state index in [4.69, 9.17) is 4.74 Å². The number of halogens is 1. The molecule has 0 amide bonds. The van der Waals surface area contributed by atoms with E-state index in [2.05, 4.69) is 6.58 Å². The summed E-state index contributed by atoms with van der Waals surface area (Å²) in [5, 5.41) is 0.829. The third-order valence-electron chi connectivity index (χ3n) is 5.23. The number of carbonyl (C=O) groups excluding carboxylic acids is 1. The van der Waals surface area contributed by atoms with Crippen LogP contribution in [-0.2, 0) is 28.3 Å². The van der Waals surface area contributed by atoms with Gasteiger partial charge in [-0.05, 0) is 55.8 Å².